The van der Waals surface area contributed by atoms with Gasteiger partial charge >= 0.3 is 0 Å². The topological polar surface area (TPSA) is 29.4 Å². The quantitative estimate of drug-likeness (QED) is 0.357. The molecule has 128 valence electrons. The van der Waals surface area contributed by atoms with Crippen molar-refractivity contribution >= 4 is 12.3 Å². The van der Waals surface area contributed by atoms with Crippen LogP contribution in [0.2, 0.25) is 0 Å². The minimum absolute atomic E-state index is 0. The van der Waals surface area contributed by atoms with E-state index in [4.69, 9.17) is 0 Å². The normalized spacial score (nSPS) is 21.5. The molecule has 1 aliphatic rings. The fraction of sp³-hybridized carbons (Fsp3) is 0.450. The average molecular weight is 552 g/mol. The number of Topliss-reactive ketones (excluding diaryl/α,β-unsaturated/α-hetero) is 1. The van der Waals surface area contributed by atoms with Crippen molar-refractivity contribution in [2.45, 2.75) is 45.4 Å². The molecule has 1 saturated carbocycles. The molecule has 0 heterocycles. The molecule has 0 radical (unpaired) electrons. The van der Waals surface area contributed by atoms with Gasteiger partial charge in [0.1, 0.15) is 0 Å². The van der Waals surface area contributed by atoms with Gasteiger partial charge in [0, 0.05) is 42.7 Å². The summed E-state index contributed by atoms with van der Waals surface area (Å²) in [5.74, 6) is 0.543. The number of allylic oxidation sites excluding steroid dienone is 1. The molecule has 1 aliphatic carbocycles. The first kappa shape index (κ1) is 21.2. The van der Waals surface area contributed by atoms with Crippen LogP contribution in [0.25, 0.3) is 0 Å². The van der Waals surface area contributed by atoms with E-state index in [1.165, 1.54) is 11.1 Å². The smallest absolute Gasteiger partial charge is 0.176 e. The maximum atomic E-state index is 12.6. The molecule has 1 aromatic carbocycles. The molecule has 2 rings (SSSR count). The summed E-state index contributed by atoms with van der Waals surface area (Å²) in [5.41, 5.74) is 4.12. The van der Waals surface area contributed by atoms with Gasteiger partial charge in [-0.05, 0) is 73.8 Å². The first-order chi connectivity index (χ1) is 10.9. The minimum atomic E-state index is -0.00873. The number of rotatable bonds is 6. The van der Waals surface area contributed by atoms with Gasteiger partial charge in [0.15, 0.2) is 6.47 Å². The van der Waals surface area contributed by atoms with E-state index in [9.17, 15) is 9.18 Å². The number of halogens is 1. The summed E-state index contributed by atoms with van der Waals surface area (Å²) in [7, 11) is 0. The maximum Gasteiger partial charge on any atom is 0.176 e. The maximum absolute atomic E-state index is 12.6. The Kier molecular flexibility index (Phi) is 8.47. The third kappa shape index (κ3) is 5.07. The average Bonchev–Trinajstić information content (AvgIpc) is 2.97. The van der Waals surface area contributed by atoms with Gasteiger partial charge < -0.3 is 11.7 Å². The van der Waals surface area contributed by atoms with E-state index in [0.29, 0.717) is 18.1 Å². The van der Waals surface area contributed by atoms with E-state index in [1.807, 2.05) is 6.07 Å². The molecule has 0 saturated heterocycles. The van der Waals surface area contributed by atoms with Gasteiger partial charge in [-0.2, -0.15) is 4.39 Å². The number of aliphatic imine (C=N–C) groups is 1. The standard InChI is InChI=1S/C20H25FNO.U/c1-13-6-5-7-19(14(13)2)20(15(3)22-12-21)11-17-8-9-18(10-17)16(4)23;/h5-7,12,17-18,20H,3-4,8-11H2,1-2H3;/q-1;. The van der Waals surface area contributed by atoms with Gasteiger partial charge in [0.25, 0.3) is 0 Å². The van der Waals surface area contributed by atoms with E-state index < -0.39 is 0 Å². The molecule has 4 heteroatoms. The van der Waals surface area contributed by atoms with Crippen molar-refractivity contribution in [1.82, 2.24) is 0 Å². The van der Waals surface area contributed by atoms with E-state index in [-0.39, 0.29) is 48.7 Å². The Bertz CT molecular complexity index is 626. The SMILES string of the molecule is C=C(N=CF)C(CC1CCC(C([CH2-])=O)C1)c1cccc(C)c1C.[U]. The van der Waals surface area contributed by atoms with Crippen molar-refractivity contribution in [3.63, 3.8) is 0 Å². The number of ketones is 1. The Morgan fingerprint density at radius 1 is 1.46 bits per heavy atom. The summed E-state index contributed by atoms with van der Waals surface area (Å²) in [5, 5.41) is 0. The third-order valence-corrected chi connectivity index (χ3v) is 5.20. The summed E-state index contributed by atoms with van der Waals surface area (Å²) in [6.45, 7) is 12.0. The van der Waals surface area contributed by atoms with Crippen LogP contribution >= 0.6 is 0 Å². The fourth-order valence-electron chi connectivity index (χ4n) is 3.66. The van der Waals surface area contributed by atoms with Crippen LogP contribution in [0, 0.1) is 63.7 Å². The minimum Gasteiger partial charge on any atom is -0.339 e. The number of aryl methyl sites for hydroxylation is 1. The largest absolute Gasteiger partial charge is 0.339 e. The van der Waals surface area contributed by atoms with Crippen LogP contribution in [0.4, 0.5) is 4.39 Å². The number of nitrogens with zero attached hydrogens (tertiary/aromatic N) is 1. The van der Waals surface area contributed by atoms with Crippen molar-refractivity contribution < 1.29 is 40.3 Å². The van der Waals surface area contributed by atoms with Crippen LogP contribution in [0.3, 0.4) is 0 Å². The summed E-state index contributed by atoms with van der Waals surface area (Å²) in [6, 6.07) is 6.17. The Labute approximate surface area is 168 Å². The molecule has 0 bridgehead atoms. The number of carbonyl (C=O) groups is 1. The molecule has 3 atom stereocenters. The summed E-state index contributed by atoms with van der Waals surface area (Å²) in [4.78, 5) is 15.3. The van der Waals surface area contributed by atoms with E-state index in [0.717, 1.165) is 31.2 Å². The number of hydrogen-bond donors (Lipinski definition) is 0. The van der Waals surface area contributed by atoms with E-state index >= 15 is 0 Å². The molecular formula is C20H25FNOU-. The van der Waals surface area contributed by atoms with Crippen LogP contribution in [-0.2, 0) is 4.79 Å². The van der Waals surface area contributed by atoms with Crippen molar-refractivity contribution in [1.29, 1.82) is 0 Å². The monoisotopic (exact) mass is 552 g/mol. The zero-order valence-electron chi connectivity index (χ0n) is 14.5. The van der Waals surface area contributed by atoms with Gasteiger partial charge in [0.05, 0.1) is 0 Å². The molecule has 24 heavy (non-hydrogen) atoms. The Morgan fingerprint density at radius 2 is 2.17 bits per heavy atom. The van der Waals surface area contributed by atoms with Crippen molar-refractivity contribution in [3.05, 3.63) is 54.1 Å². The fourth-order valence-corrected chi connectivity index (χ4v) is 3.66. The molecule has 2 nitrogen and oxygen atoms in total. The second-order valence-electron chi connectivity index (χ2n) is 6.64. The van der Waals surface area contributed by atoms with Crippen LogP contribution in [0.15, 0.2) is 35.5 Å². The van der Waals surface area contributed by atoms with E-state index in [2.05, 4.69) is 44.5 Å². The van der Waals surface area contributed by atoms with Crippen LogP contribution < -0.4 is 0 Å². The zero-order valence-corrected chi connectivity index (χ0v) is 18.7. The molecule has 1 fully saturated rings. The van der Waals surface area contributed by atoms with Crippen molar-refractivity contribution in [3.8, 4) is 0 Å². The van der Waals surface area contributed by atoms with Crippen LogP contribution in [0.5, 0.6) is 0 Å². The Hall–Kier alpha value is -0.848. The third-order valence-electron chi connectivity index (χ3n) is 5.20. The number of hydrogen-bond acceptors (Lipinski definition) is 2. The second kappa shape index (κ2) is 9.59. The van der Waals surface area contributed by atoms with Crippen LogP contribution in [0.1, 0.15) is 48.3 Å². The van der Waals surface area contributed by atoms with Crippen molar-refractivity contribution in [2.24, 2.45) is 16.8 Å². The van der Waals surface area contributed by atoms with E-state index in [1.54, 1.807) is 0 Å². The van der Waals surface area contributed by atoms with Crippen molar-refractivity contribution in [2.75, 3.05) is 0 Å². The summed E-state index contributed by atoms with van der Waals surface area (Å²) in [6.07, 6.45) is 3.64. The molecule has 3 unspecified atom stereocenters. The van der Waals surface area contributed by atoms with Gasteiger partial charge in [-0.15, -0.1) is 0 Å². The van der Waals surface area contributed by atoms with Gasteiger partial charge in [-0.3, -0.25) is 0 Å². The van der Waals surface area contributed by atoms with Gasteiger partial charge in [-0.1, -0.05) is 24.8 Å². The predicted octanol–water partition coefficient (Wildman–Crippen LogP) is 5.11. The molecule has 1 aromatic rings. The number of carbonyl (C=O) groups excluding carboxylic acids is 1. The molecule has 0 amide bonds. The molecule has 0 spiro atoms. The molecule has 0 aliphatic heterocycles. The zero-order chi connectivity index (χ0) is 17.0. The number of benzene rings is 1. The first-order valence-corrected chi connectivity index (χ1v) is 8.17. The van der Waals surface area contributed by atoms with Crippen LogP contribution in [-0.4, -0.2) is 12.3 Å². The molecular weight excluding hydrogens is 527 g/mol. The summed E-state index contributed by atoms with van der Waals surface area (Å²) < 4.78 is 12.6. The van der Waals surface area contributed by atoms with Gasteiger partial charge in [0.2, 0.25) is 0 Å². The second-order valence-corrected chi connectivity index (χ2v) is 6.64. The molecule has 0 aromatic heterocycles. The summed E-state index contributed by atoms with van der Waals surface area (Å²) >= 11 is 0. The first-order valence-electron chi connectivity index (χ1n) is 8.17. The predicted molar refractivity (Wildman–Crippen MR) is 93.2 cm³/mol. The van der Waals surface area contributed by atoms with Gasteiger partial charge in [-0.25, -0.2) is 4.99 Å². The molecule has 0 N–H and O–H groups in total. The Balaban J connectivity index is 0.00000288. The Morgan fingerprint density at radius 3 is 2.75 bits per heavy atom.